The standard InChI is InChI=1S/C31H29N3O3.C3H8O2/c1-21-17-25(37-28(21)26-19-35-29-27(26)33-20-34-30(29)32)18-36-31(22-11-5-2-6-12-22,23-13-7-3-8-14-23)24-15-9-4-10-16-24;1-3(2,4)5/h2-16,19-21,25,28H,17-18H2,1H3,(H2,32,33,34);4-5H,1-2H3/t21?,25-,28+;/m0./s1. The first-order valence-electron chi connectivity index (χ1n) is 14.0. The van der Waals surface area contributed by atoms with Crippen molar-refractivity contribution in [3.63, 3.8) is 0 Å². The first-order chi connectivity index (χ1) is 20.2. The molecule has 1 saturated heterocycles. The van der Waals surface area contributed by atoms with E-state index >= 15 is 0 Å². The summed E-state index contributed by atoms with van der Waals surface area (Å²) in [5.41, 5.74) is 10.5. The number of nitrogens with zero attached hydrogens (tertiary/aromatic N) is 2. The molecule has 1 fully saturated rings. The van der Waals surface area contributed by atoms with Gasteiger partial charge in [-0.25, -0.2) is 9.97 Å². The van der Waals surface area contributed by atoms with Gasteiger partial charge in [-0.1, -0.05) is 97.9 Å². The summed E-state index contributed by atoms with van der Waals surface area (Å²) in [4.78, 5) is 8.45. The van der Waals surface area contributed by atoms with Crippen molar-refractivity contribution < 1.29 is 24.1 Å². The Morgan fingerprint density at radius 3 is 1.86 bits per heavy atom. The average Bonchev–Trinajstić information content (AvgIpc) is 3.58. The summed E-state index contributed by atoms with van der Waals surface area (Å²) < 4.78 is 19.3. The SMILES string of the molecule is CC(C)(O)O.CC1C[C@@H](COC(c2ccccc2)(c2ccccc2)c2ccccc2)O[C@H]1c1coc2c(N)ncnc12. The molecule has 3 aromatic carbocycles. The van der Waals surface area contributed by atoms with Gasteiger partial charge in [-0.05, 0) is 42.9 Å². The van der Waals surface area contributed by atoms with E-state index in [9.17, 15) is 0 Å². The molecule has 0 spiro atoms. The van der Waals surface area contributed by atoms with E-state index in [4.69, 9.17) is 29.8 Å². The van der Waals surface area contributed by atoms with Gasteiger partial charge in [0.15, 0.2) is 17.2 Å². The molecule has 0 amide bonds. The molecule has 3 atom stereocenters. The number of hydrogen-bond donors (Lipinski definition) is 3. The molecule has 5 aromatic rings. The van der Waals surface area contributed by atoms with Crippen molar-refractivity contribution in [2.75, 3.05) is 12.3 Å². The fraction of sp³-hybridized carbons (Fsp3) is 0.294. The van der Waals surface area contributed by atoms with E-state index in [1.165, 1.54) is 20.2 Å². The lowest BCUT2D eigenvalue weighted by molar-refractivity contribution is -0.127. The molecule has 218 valence electrons. The molecule has 1 aliphatic heterocycles. The highest BCUT2D eigenvalue weighted by Gasteiger charge is 2.41. The van der Waals surface area contributed by atoms with E-state index in [2.05, 4.69) is 89.7 Å². The topological polar surface area (TPSA) is 124 Å². The quantitative estimate of drug-likeness (QED) is 0.162. The Hall–Kier alpha value is -4.08. The molecule has 0 bridgehead atoms. The first-order valence-corrected chi connectivity index (χ1v) is 14.0. The molecule has 1 aliphatic rings. The van der Waals surface area contributed by atoms with Gasteiger partial charge in [0.05, 0.1) is 25.1 Å². The zero-order chi connectivity index (χ0) is 29.7. The van der Waals surface area contributed by atoms with Crippen LogP contribution in [0.1, 0.15) is 55.5 Å². The Morgan fingerprint density at radius 2 is 1.36 bits per heavy atom. The molecule has 6 rings (SSSR count). The summed E-state index contributed by atoms with van der Waals surface area (Å²) in [5, 5.41) is 16.2. The number of anilines is 1. The highest BCUT2D eigenvalue weighted by molar-refractivity contribution is 5.85. The van der Waals surface area contributed by atoms with Crippen LogP contribution in [0.25, 0.3) is 11.1 Å². The fourth-order valence-electron chi connectivity index (χ4n) is 5.50. The maximum atomic E-state index is 8.08. The van der Waals surface area contributed by atoms with Gasteiger partial charge in [-0.15, -0.1) is 0 Å². The van der Waals surface area contributed by atoms with Crippen LogP contribution in [0, 0.1) is 5.92 Å². The van der Waals surface area contributed by atoms with Gasteiger partial charge in [0.1, 0.15) is 17.4 Å². The van der Waals surface area contributed by atoms with Crippen LogP contribution in [-0.4, -0.2) is 38.7 Å². The summed E-state index contributed by atoms with van der Waals surface area (Å²) in [6, 6.07) is 31.2. The molecule has 3 heterocycles. The van der Waals surface area contributed by atoms with Crippen LogP contribution in [0.3, 0.4) is 0 Å². The minimum Gasteiger partial charge on any atom is -0.458 e. The predicted molar refractivity (Wildman–Crippen MR) is 161 cm³/mol. The van der Waals surface area contributed by atoms with Crippen LogP contribution in [0.15, 0.2) is 108 Å². The molecule has 0 radical (unpaired) electrons. The van der Waals surface area contributed by atoms with Crippen molar-refractivity contribution in [3.05, 3.63) is 126 Å². The monoisotopic (exact) mass is 567 g/mol. The third kappa shape index (κ3) is 6.37. The normalized spacial score (nSPS) is 18.9. The Balaban J connectivity index is 0.000000652. The van der Waals surface area contributed by atoms with Crippen LogP contribution < -0.4 is 5.73 Å². The van der Waals surface area contributed by atoms with E-state index in [0.717, 1.165) is 28.7 Å². The highest BCUT2D eigenvalue weighted by atomic mass is 16.6. The number of benzene rings is 3. The lowest BCUT2D eigenvalue weighted by Crippen LogP contribution is -2.35. The maximum absolute atomic E-state index is 8.08. The number of nitrogens with two attached hydrogens (primary N) is 1. The van der Waals surface area contributed by atoms with Crippen LogP contribution >= 0.6 is 0 Å². The Kier molecular flexibility index (Phi) is 8.70. The maximum Gasteiger partial charge on any atom is 0.194 e. The van der Waals surface area contributed by atoms with E-state index in [1.807, 2.05) is 18.2 Å². The van der Waals surface area contributed by atoms with Crippen LogP contribution in [0.2, 0.25) is 0 Å². The van der Waals surface area contributed by atoms with E-state index in [0.29, 0.717) is 23.5 Å². The highest BCUT2D eigenvalue weighted by Crippen LogP contribution is 2.44. The van der Waals surface area contributed by atoms with E-state index < -0.39 is 11.4 Å². The minimum atomic E-state index is -1.50. The number of aromatic nitrogens is 2. The molecule has 2 aromatic heterocycles. The molecule has 42 heavy (non-hydrogen) atoms. The third-order valence-corrected chi connectivity index (χ3v) is 7.23. The number of hydrogen-bond acceptors (Lipinski definition) is 8. The summed E-state index contributed by atoms with van der Waals surface area (Å²) >= 11 is 0. The van der Waals surface area contributed by atoms with Gasteiger partial charge in [0.25, 0.3) is 0 Å². The molecule has 0 aliphatic carbocycles. The van der Waals surface area contributed by atoms with Gasteiger partial charge in [0, 0.05) is 5.56 Å². The van der Waals surface area contributed by atoms with Gasteiger partial charge < -0.3 is 29.8 Å². The smallest absolute Gasteiger partial charge is 0.194 e. The predicted octanol–water partition coefficient (Wildman–Crippen LogP) is 5.99. The van der Waals surface area contributed by atoms with Crippen molar-refractivity contribution in [2.45, 2.75) is 50.8 Å². The largest absolute Gasteiger partial charge is 0.458 e. The molecule has 0 saturated carbocycles. The summed E-state index contributed by atoms with van der Waals surface area (Å²) in [5.74, 6) is -0.912. The van der Waals surface area contributed by atoms with Gasteiger partial charge >= 0.3 is 0 Å². The molecule has 8 heteroatoms. The Bertz CT molecular complexity index is 1470. The lowest BCUT2D eigenvalue weighted by atomic mass is 9.80. The van der Waals surface area contributed by atoms with Crippen molar-refractivity contribution in [2.24, 2.45) is 5.92 Å². The van der Waals surface area contributed by atoms with Gasteiger partial charge in [0.2, 0.25) is 0 Å². The van der Waals surface area contributed by atoms with Crippen LogP contribution in [0.5, 0.6) is 0 Å². The van der Waals surface area contributed by atoms with Gasteiger partial charge in [-0.2, -0.15) is 0 Å². The fourth-order valence-corrected chi connectivity index (χ4v) is 5.50. The summed E-state index contributed by atoms with van der Waals surface area (Å²) in [7, 11) is 0. The average molecular weight is 568 g/mol. The van der Waals surface area contributed by atoms with Crippen molar-refractivity contribution in [1.29, 1.82) is 0 Å². The second-order valence-corrected chi connectivity index (χ2v) is 11.1. The number of ether oxygens (including phenoxy) is 2. The number of fused-ring (bicyclic) bond motifs is 1. The molecular formula is C34H37N3O5. The first kappa shape index (κ1) is 29.4. The Morgan fingerprint density at radius 1 is 0.857 bits per heavy atom. The molecule has 1 unspecified atom stereocenters. The summed E-state index contributed by atoms with van der Waals surface area (Å²) in [6.45, 7) is 5.21. The number of furan rings is 1. The van der Waals surface area contributed by atoms with Gasteiger partial charge in [-0.3, -0.25) is 0 Å². The zero-order valence-electron chi connectivity index (χ0n) is 24.1. The summed E-state index contributed by atoms with van der Waals surface area (Å²) in [6.07, 6.45) is 3.75. The van der Waals surface area contributed by atoms with Crippen molar-refractivity contribution in [3.8, 4) is 0 Å². The minimum absolute atomic E-state index is 0.0976. The second kappa shape index (κ2) is 12.4. The second-order valence-electron chi connectivity index (χ2n) is 11.1. The van der Waals surface area contributed by atoms with Crippen LogP contribution in [-0.2, 0) is 15.1 Å². The Labute approximate surface area is 245 Å². The molecule has 4 N–H and O–H groups in total. The van der Waals surface area contributed by atoms with Crippen molar-refractivity contribution >= 4 is 16.9 Å². The van der Waals surface area contributed by atoms with Crippen molar-refractivity contribution in [1.82, 2.24) is 9.97 Å². The number of rotatable bonds is 7. The number of nitrogen functional groups attached to an aromatic ring is 1. The number of aliphatic hydroxyl groups is 2. The molecule has 8 nitrogen and oxygen atoms in total. The van der Waals surface area contributed by atoms with E-state index in [-0.39, 0.29) is 18.1 Å². The zero-order valence-corrected chi connectivity index (χ0v) is 24.1. The molecular weight excluding hydrogens is 530 g/mol. The lowest BCUT2D eigenvalue weighted by Gasteiger charge is -2.36. The van der Waals surface area contributed by atoms with E-state index in [1.54, 1.807) is 6.26 Å². The third-order valence-electron chi connectivity index (χ3n) is 7.23. The van der Waals surface area contributed by atoms with Crippen LogP contribution in [0.4, 0.5) is 5.82 Å².